The van der Waals surface area contributed by atoms with Crippen LogP contribution in [-0.2, 0) is 6.11 Å². The van der Waals surface area contributed by atoms with Crippen LogP contribution < -0.4 is 10.5 Å². The molecule has 3 aromatic rings. The van der Waals surface area contributed by atoms with Crippen molar-refractivity contribution in [1.29, 1.82) is 0 Å². The molecule has 0 radical (unpaired) electrons. The Morgan fingerprint density at radius 3 is 2.12 bits per heavy atom. The number of rotatable bonds is 6. The van der Waals surface area contributed by atoms with Gasteiger partial charge >= 0.3 is 6.11 Å². The van der Waals surface area contributed by atoms with E-state index in [0.29, 0.717) is 13.0 Å². The summed E-state index contributed by atoms with van der Waals surface area (Å²) in [6.45, 7) is 0.341. The molecule has 4 rings (SSSR count). The molecule has 0 bridgehead atoms. The van der Waals surface area contributed by atoms with Crippen molar-refractivity contribution in [1.82, 2.24) is 0 Å². The van der Waals surface area contributed by atoms with Crippen LogP contribution in [0.2, 0.25) is 0 Å². The molecule has 2 N–H and O–H groups in total. The molecule has 0 spiro atoms. The van der Waals surface area contributed by atoms with Gasteiger partial charge in [-0.25, -0.2) is 22.0 Å². The van der Waals surface area contributed by atoms with Gasteiger partial charge in [0.15, 0.2) is 29.1 Å². The first kappa shape index (κ1) is 23.7. The quantitative estimate of drug-likeness (QED) is 0.333. The van der Waals surface area contributed by atoms with Crippen molar-refractivity contribution in [2.75, 3.05) is 6.54 Å². The zero-order valence-electron chi connectivity index (χ0n) is 17.3. The molecular weight excluding hydrogens is 465 g/mol. The van der Waals surface area contributed by atoms with E-state index in [4.69, 9.17) is 5.73 Å². The maximum atomic E-state index is 14.8. The smallest absolute Gasteiger partial charge is 0.426 e. The minimum absolute atomic E-state index is 0.0218. The third kappa shape index (κ3) is 4.50. The fourth-order valence-electron chi connectivity index (χ4n) is 3.69. The number of hydrogen-bond donors (Lipinski definition) is 1. The van der Waals surface area contributed by atoms with Crippen LogP contribution in [0.4, 0.5) is 30.7 Å². The van der Waals surface area contributed by atoms with E-state index in [-0.39, 0.29) is 34.7 Å². The normalized spacial score (nSPS) is 17.9. The molecule has 1 aliphatic heterocycles. The van der Waals surface area contributed by atoms with E-state index in [1.807, 2.05) is 0 Å². The minimum atomic E-state index is -4.05. The predicted molar refractivity (Wildman–Crippen MR) is 111 cm³/mol. The number of ether oxygens (including phenoxy) is 1. The van der Waals surface area contributed by atoms with Gasteiger partial charge < -0.3 is 10.5 Å². The van der Waals surface area contributed by atoms with Crippen molar-refractivity contribution in [2.24, 2.45) is 16.6 Å². The second-order valence-electron chi connectivity index (χ2n) is 7.77. The second kappa shape index (κ2) is 9.09. The number of benzene rings is 3. The second-order valence-corrected chi connectivity index (χ2v) is 7.77. The van der Waals surface area contributed by atoms with Crippen molar-refractivity contribution >= 4 is 6.21 Å². The van der Waals surface area contributed by atoms with Crippen LogP contribution in [0.25, 0.3) is 11.1 Å². The molecule has 0 saturated carbocycles. The van der Waals surface area contributed by atoms with Gasteiger partial charge in [0.1, 0.15) is 5.75 Å². The molecule has 0 aromatic heterocycles. The first-order chi connectivity index (χ1) is 16.1. The van der Waals surface area contributed by atoms with Crippen LogP contribution in [-0.4, -0.2) is 12.8 Å². The van der Waals surface area contributed by atoms with Gasteiger partial charge in [-0.05, 0) is 24.1 Å². The number of alkyl halides is 2. The van der Waals surface area contributed by atoms with Gasteiger partial charge in [0.25, 0.3) is 0 Å². The van der Waals surface area contributed by atoms with Crippen LogP contribution in [0.3, 0.4) is 0 Å². The zero-order chi connectivity index (χ0) is 24.6. The maximum absolute atomic E-state index is 14.8. The van der Waals surface area contributed by atoms with E-state index < -0.39 is 52.5 Å². The van der Waals surface area contributed by atoms with E-state index >= 15 is 0 Å². The standard InChI is InChI=1S/C24H17F7N2O/c25-18-8-15(9-19(26)23(18)29)34-24(30,31)14-3-1-13(2-4-14)16-5-6-17(22(28)21(16)27)20-7-12(10-32)11-33-20/h1-6,8-9,11-12,20H,7,10,32H2/t12?,20-/m0/s1. The molecule has 178 valence electrons. The summed E-state index contributed by atoms with van der Waals surface area (Å²) in [6.07, 6.45) is -1.98. The fourth-order valence-corrected chi connectivity index (χ4v) is 3.69. The minimum Gasteiger partial charge on any atom is -0.429 e. The van der Waals surface area contributed by atoms with Crippen molar-refractivity contribution in [3.8, 4) is 16.9 Å². The van der Waals surface area contributed by atoms with Crippen molar-refractivity contribution in [2.45, 2.75) is 18.6 Å². The van der Waals surface area contributed by atoms with Crippen molar-refractivity contribution in [3.05, 3.63) is 88.7 Å². The first-order valence-corrected chi connectivity index (χ1v) is 10.1. The van der Waals surface area contributed by atoms with E-state index in [2.05, 4.69) is 9.73 Å². The van der Waals surface area contributed by atoms with Gasteiger partial charge in [-0.1, -0.05) is 24.3 Å². The van der Waals surface area contributed by atoms with Gasteiger partial charge in [0, 0.05) is 41.9 Å². The molecule has 1 unspecified atom stereocenters. The van der Waals surface area contributed by atoms with Gasteiger partial charge in [-0.15, -0.1) is 0 Å². The Bertz CT molecular complexity index is 1220. The highest BCUT2D eigenvalue weighted by molar-refractivity contribution is 5.67. The lowest BCUT2D eigenvalue weighted by Crippen LogP contribution is -2.22. The highest BCUT2D eigenvalue weighted by atomic mass is 19.3. The lowest BCUT2D eigenvalue weighted by atomic mass is 9.95. The fraction of sp³-hybridized carbons (Fsp3) is 0.208. The van der Waals surface area contributed by atoms with E-state index in [9.17, 15) is 30.7 Å². The summed E-state index contributed by atoms with van der Waals surface area (Å²) in [7, 11) is 0. The van der Waals surface area contributed by atoms with E-state index in [0.717, 1.165) is 24.3 Å². The Labute approximate surface area is 189 Å². The molecule has 10 heteroatoms. The summed E-state index contributed by atoms with van der Waals surface area (Å²) in [5.74, 6) is -8.40. The van der Waals surface area contributed by atoms with Crippen LogP contribution in [0.15, 0.2) is 53.5 Å². The summed E-state index contributed by atoms with van der Waals surface area (Å²) in [4.78, 5) is 4.17. The molecule has 3 aromatic carbocycles. The highest BCUT2D eigenvalue weighted by Gasteiger charge is 2.35. The van der Waals surface area contributed by atoms with Gasteiger partial charge in [-0.2, -0.15) is 8.78 Å². The van der Waals surface area contributed by atoms with Crippen LogP contribution in [0, 0.1) is 35.0 Å². The summed E-state index contributed by atoms with van der Waals surface area (Å²) in [5, 5.41) is 0. The Morgan fingerprint density at radius 1 is 0.882 bits per heavy atom. The van der Waals surface area contributed by atoms with Crippen LogP contribution >= 0.6 is 0 Å². The van der Waals surface area contributed by atoms with Crippen LogP contribution in [0.5, 0.6) is 5.75 Å². The number of nitrogens with zero attached hydrogens (tertiary/aromatic N) is 1. The molecule has 34 heavy (non-hydrogen) atoms. The highest BCUT2D eigenvalue weighted by Crippen LogP contribution is 2.37. The largest absolute Gasteiger partial charge is 0.429 e. The average molecular weight is 482 g/mol. The van der Waals surface area contributed by atoms with Gasteiger partial charge in [-0.3, -0.25) is 4.99 Å². The lowest BCUT2D eigenvalue weighted by Gasteiger charge is -2.19. The van der Waals surface area contributed by atoms with E-state index in [1.54, 1.807) is 6.21 Å². The SMILES string of the molecule is NCC1C=N[C@H](c2ccc(-c3ccc(C(F)(F)Oc4cc(F)c(F)c(F)c4)cc3)c(F)c2F)C1. The summed E-state index contributed by atoms with van der Waals surface area (Å²) in [6, 6.07) is 6.74. The summed E-state index contributed by atoms with van der Waals surface area (Å²) >= 11 is 0. The molecule has 1 aliphatic rings. The summed E-state index contributed by atoms with van der Waals surface area (Å²) in [5.41, 5.74) is 4.87. The predicted octanol–water partition coefficient (Wildman–Crippen LogP) is 6.27. The number of halogens is 7. The number of hydrogen-bond acceptors (Lipinski definition) is 3. The van der Waals surface area contributed by atoms with Crippen molar-refractivity contribution in [3.63, 3.8) is 0 Å². The third-order valence-corrected chi connectivity index (χ3v) is 5.51. The molecule has 0 saturated heterocycles. The van der Waals surface area contributed by atoms with E-state index in [1.165, 1.54) is 12.1 Å². The maximum Gasteiger partial charge on any atom is 0.426 e. The van der Waals surface area contributed by atoms with Gasteiger partial charge in [0.05, 0.1) is 11.6 Å². The Balaban J connectivity index is 1.56. The third-order valence-electron chi connectivity index (χ3n) is 5.51. The summed E-state index contributed by atoms with van der Waals surface area (Å²) < 4.78 is 102. The van der Waals surface area contributed by atoms with Crippen LogP contribution in [0.1, 0.15) is 23.6 Å². The zero-order valence-corrected chi connectivity index (χ0v) is 17.3. The molecule has 3 nitrogen and oxygen atoms in total. The monoisotopic (exact) mass is 482 g/mol. The molecule has 0 amide bonds. The lowest BCUT2D eigenvalue weighted by molar-refractivity contribution is -0.185. The average Bonchev–Trinajstić information content (AvgIpc) is 3.28. The number of aliphatic imine (C=N–C) groups is 1. The Morgan fingerprint density at radius 2 is 1.53 bits per heavy atom. The first-order valence-electron chi connectivity index (χ1n) is 10.1. The molecule has 0 aliphatic carbocycles. The molecule has 1 heterocycles. The number of nitrogens with two attached hydrogens (primary N) is 1. The molecule has 2 atom stereocenters. The van der Waals surface area contributed by atoms with Crippen molar-refractivity contribution < 1.29 is 35.5 Å². The molecule has 0 fully saturated rings. The topological polar surface area (TPSA) is 47.6 Å². The Hall–Kier alpha value is -3.40. The molecular formula is C24H17F7N2O. The van der Waals surface area contributed by atoms with Gasteiger partial charge in [0.2, 0.25) is 0 Å². The Kier molecular flexibility index (Phi) is 6.35.